The summed E-state index contributed by atoms with van der Waals surface area (Å²) in [5, 5.41) is 4.12. The molecule has 1 saturated carbocycles. The fraction of sp³-hybridized carbons (Fsp3) is 0.476. The first-order valence-corrected chi connectivity index (χ1v) is 9.80. The number of hydrogen-bond donors (Lipinski definition) is 1. The largest absolute Gasteiger partial charge is 0.497 e. The summed E-state index contributed by atoms with van der Waals surface area (Å²) >= 11 is 0. The van der Waals surface area contributed by atoms with Crippen LogP contribution in [0.5, 0.6) is 5.75 Å². The maximum atomic E-state index is 6.07. The molecular formula is C21H27ClN4O3. The quantitative estimate of drug-likeness (QED) is 0.613. The second-order valence-corrected chi connectivity index (χ2v) is 7.60. The molecule has 2 heterocycles. The zero-order valence-corrected chi connectivity index (χ0v) is 17.4. The molecule has 1 fully saturated rings. The molecule has 29 heavy (non-hydrogen) atoms. The van der Waals surface area contributed by atoms with Gasteiger partial charge < -0.3 is 19.4 Å². The number of nitrogens with two attached hydrogens (primary N) is 1. The number of rotatable bonds is 7. The Hall–Kier alpha value is -2.38. The Balaban J connectivity index is 0.00000240. The molecule has 0 amide bonds. The zero-order chi connectivity index (χ0) is 19.4. The molecule has 0 radical (unpaired) electrons. The van der Waals surface area contributed by atoms with Crippen molar-refractivity contribution >= 4 is 12.4 Å². The predicted molar refractivity (Wildman–Crippen MR) is 111 cm³/mol. The molecule has 1 aliphatic rings. The first-order valence-electron chi connectivity index (χ1n) is 9.80. The summed E-state index contributed by atoms with van der Waals surface area (Å²) < 4.78 is 16.3. The summed E-state index contributed by atoms with van der Waals surface area (Å²) in [5.41, 5.74) is 7.84. The van der Waals surface area contributed by atoms with Gasteiger partial charge in [-0.15, -0.1) is 12.4 Å². The van der Waals surface area contributed by atoms with E-state index in [1.807, 2.05) is 24.3 Å². The van der Waals surface area contributed by atoms with E-state index < -0.39 is 0 Å². The minimum absolute atomic E-state index is 0. The van der Waals surface area contributed by atoms with Gasteiger partial charge in [-0.2, -0.15) is 4.98 Å². The summed E-state index contributed by atoms with van der Waals surface area (Å²) in [4.78, 5) is 9.10. The van der Waals surface area contributed by atoms with Crippen LogP contribution in [0.1, 0.15) is 49.5 Å². The molecule has 0 aliphatic heterocycles. The third kappa shape index (κ3) is 4.97. The van der Waals surface area contributed by atoms with Gasteiger partial charge in [0.05, 0.1) is 19.2 Å². The van der Waals surface area contributed by atoms with Crippen molar-refractivity contribution in [1.29, 1.82) is 0 Å². The van der Waals surface area contributed by atoms with Crippen molar-refractivity contribution in [2.24, 2.45) is 11.1 Å². The van der Waals surface area contributed by atoms with E-state index in [0.717, 1.165) is 36.3 Å². The number of hydrogen-bond acceptors (Lipinski definition) is 7. The number of benzene rings is 1. The van der Waals surface area contributed by atoms with Crippen LogP contribution in [-0.2, 0) is 12.8 Å². The molecular weight excluding hydrogens is 392 g/mol. The summed E-state index contributed by atoms with van der Waals surface area (Å²) in [5.74, 6) is 2.64. The van der Waals surface area contributed by atoms with E-state index in [9.17, 15) is 0 Å². The third-order valence-electron chi connectivity index (χ3n) is 5.61. The molecule has 8 heteroatoms. The second-order valence-electron chi connectivity index (χ2n) is 7.60. The first kappa shape index (κ1) is 21.3. The lowest BCUT2D eigenvalue weighted by molar-refractivity contribution is 0.177. The number of ether oxygens (including phenoxy) is 1. The smallest absolute Gasteiger partial charge is 0.227 e. The van der Waals surface area contributed by atoms with E-state index in [-0.39, 0.29) is 17.8 Å². The van der Waals surface area contributed by atoms with Gasteiger partial charge in [-0.1, -0.05) is 24.4 Å². The molecule has 0 unspecified atom stereocenters. The average Bonchev–Trinajstić information content (AvgIpc) is 3.38. The lowest BCUT2D eigenvalue weighted by Gasteiger charge is -2.34. The van der Waals surface area contributed by atoms with Crippen LogP contribution in [0.25, 0.3) is 11.5 Å². The minimum atomic E-state index is 0. The van der Waals surface area contributed by atoms with Gasteiger partial charge >= 0.3 is 0 Å². The second kappa shape index (κ2) is 9.41. The predicted octanol–water partition coefficient (Wildman–Crippen LogP) is 4.20. The van der Waals surface area contributed by atoms with E-state index in [2.05, 4.69) is 15.1 Å². The number of aromatic nitrogens is 3. The molecule has 4 rings (SSSR count). The summed E-state index contributed by atoms with van der Waals surface area (Å²) in [7, 11) is 1.64. The van der Waals surface area contributed by atoms with Crippen LogP contribution < -0.4 is 10.5 Å². The molecule has 0 spiro atoms. The van der Waals surface area contributed by atoms with E-state index in [4.69, 9.17) is 19.4 Å². The maximum absolute atomic E-state index is 6.07. The van der Waals surface area contributed by atoms with Crippen LogP contribution in [0.3, 0.4) is 0 Å². The number of oxazole rings is 1. The van der Waals surface area contributed by atoms with Crippen molar-refractivity contribution in [3.63, 3.8) is 0 Å². The Morgan fingerprint density at radius 2 is 1.86 bits per heavy atom. The molecule has 3 aromatic rings. The highest BCUT2D eigenvalue weighted by Gasteiger charge is 2.33. The highest BCUT2D eigenvalue weighted by atomic mass is 35.5. The summed E-state index contributed by atoms with van der Waals surface area (Å²) in [6.45, 7) is 0.666. The average molecular weight is 419 g/mol. The zero-order valence-electron chi connectivity index (χ0n) is 16.6. The fourth-order valence-electron chi connectivity index (χ4n) is 3.93. The van der Waals surface area contributed by atoms with Gasteiger partial charge in [0.25, 0.3) is 0 Å². The SMILES string of the molecule is COc1ccc(-c2nc(Cc3noc(CC4(CN)CCCCC4)n3)co2)cc1.Cl. The normalized spacial score (nSPS) is 15.7. The Morgan fingerprint density at radius 1 is 1.10 bits per heavy atom. The molecule has 0 saturated heterocycles. The van der Waals surface area contributed by atoms with Gasteiger partial charge in [0, 0.05) is 12.0 Å². The number of methoxy groups -OCH3 is 1. The van der Waals surface area contributed by atoms with Crippen molar-refractivity contribution in [3.8, 4) is 17.2 Å². The van der Waals surface area contributed by atoms with Crippen LogP contribution >= 0.6 is 12.4 Å². The topological polar surface area (TPSA) is 100 Å². The Bertz CT molecular complexity index is 901. The molecule has 1 aliphatic carbocycles. The van der Waals surface area contributed by atoms with E-state index in [1.54, 1.807) is 13.4 Å². The lowest BCUT2D eigenvalue weighted by Crippen LogP contribution is -2.35. The van der Waals surface area contributed by atoms with Crippen LogP contribution in [0.4, 0.5) is 0 Å². The molecule has 1 aromatic carbocycles. The Labute approximate surface area is 176 Å². The molecule has 7 nitrogen and oxygen atoms in total. The van der Waals surface area contributed by atoms with E-state index in [0.29, 0.717) is 30.6 Å². The molecule has 0 atom stereocenters. The van der Waals surface area contributed by atoms with Crippen molar-refractivity contribution in [3.05, 3.63) is 47.9 Å². The van der Waals surface area contributed by atoms with E-state index >= 15 is 0 Å². The van der Waals surface area contributed by atoms with Gasteiger partial charge in [-0.3, -0.25) is 0 Å². The Kier molecular flexibility index (Phi) is 6.92. The highest BCUT2D eigenvalue weighted by Crippen LogP contribution is 2.38. The Morgan fingerprint density at radius 3 is 2.55 bits per heavy atom. The van der Waals surface area contributed by atoms with Crippen LogP contribution in [0.15, 0.2) is 39.5 Å². The van der Waals surface area contributed by atoms with Crippen molar-refractivity contribution < 1.29 is 13.7 Å². The number of nitrogens with zero attached hydrogens (tertiary/aromatic N) is 3. The van der Waals surface area contributed by atoms with Gasteiger partial charge in [0.2, 0.25) is 11.8 Å². The van der Waals surface area contributed by atoms with Crippen LogP contribution in [0.2, 0.25) is 0 Å². The van der Waals surface area contributed by atoms with Crippen LogP contribution in [-0.4, -0.2) is 28.8 Å². The van der Waals surface area contributed by atoms with Crippen LogP contribution in [0, 0.1) is 5.41 Å². The van der Waals surface area contributed by atoms with Gasteiger partial charge in [0.15, 0.2) is 5.82 Å². The standard InChI is InChI=1S/C21H26N4O3.ClH/c1-26-17-7-5-15(6-8-17)20-23-16(13-27-20)11-18-24-19(28-25-18)12-21(14-22)9-3-2-4-10-21;/h5-8,13H,2-4,9-12,14,22H2,1H3;1H. The van der Waals surface area contributed by atoms with Crippen molar-refractivity contribution in [2.45, 2.75) is 44.9 Å². The van der Waals surface area contributed by atoms with E-state index in [1.165, 1.54) is 19.3 Å². The fourth-order valence-corrected chi connectivity index (χ4v) is 3.93. The minimum Gasteiger partial charge on any atom is -0.497 e. The van der Waals surface area contributed by atoms with Crippen molar-refractivity contribution in [2.75, 3.05) is 13.7 Å². The summed E-state index contributed by atoms with van der Waals surface area (Å²) in [6.07, 6.45) is 8.88. The molecule has 156 valence electrons. The first-order chi connectivity index (χ1) is 13.7. The molecule has 2 N–H and O–H groups in total. The van der Waals surface area contributed by atoms with Gasteiger partial charge in [-0.05, 0) is 49.1 Å². The van der Waals surface area contributed by atoms with Gasteiger partial charge in [-0.25, -0.2) is 4.98 Å². The maximum Gasteiger partial charge on any atom is 0.227 e. The summed E-state index contributed by atoms with van der Waals surface area (Å²) in [6, 6.07) is 7.58. The monoisotopic (exact) mass is 418 g/mol. The van der Waals surface area contributed by atoms with Crippen molar-refractivity contribution in [1.82, 2.24) is 15.1 Å². The lowest BCUT2D eigenvalue weighted by atomic mass is 9.72. The third-order valence-corrected chi connectivity index (χ3v) is 5.61. The number of halogens is 1. The van der Waals surface area contributed by atoms with Gasteiger partial charge in [0.1, 0.15) is 12.0 Å². The highest BCUT2D eigenvalue weighted by molar-refractivity contribution is 5.85. The molecule has 0 bridgehead atoms. The molecule has 2 aromatic heterocycles.